The van der Waals surface area contributed by atoms with Gasteiger partial charge in [-0.1, -0.05) is 48.0 Å². The lowest BCUT2D eigenvalue weighted by Gasteiger charge is -2.15. The molecule has 0 radical (unpaired) electrons. The maximum atomic E-state index is 11.6. The molecule has 1 aliphatic heterocycles. The molecule has 0 amide bonds. The van der Waals surface area contributed by atoms with E-state index in [1.54, 1.807) is 18.2 Å². The van der Waals surface area contributed by atoms with Crippen LogP contribution in [0, 0.1) is 0 Å². The van der Waals surface area contributed by atoms with E-state index in [4.69, 9.17) is 16.3 Å². The van der Waals surface area contributed by atoms with Crippen LogP contribution in [0.25, 0.3) is 0 Å². The number of carboxylic acids is 1. The highest BCUT2D eigenvalue weighted by molar-refractivity contribution is 6.32. The van der Waals surface area contributed by atoms with E-state index in [1.165, 1.54) is 5.56 Å². The molecule has 0 aromatic heterocycles. The van der Waals surface area contributed by atoms with Crippen LogP contribution in [0.15, 0.2) is 48.5 Å². The predicted octanol–water partition coefficient (Wildman–Crippen LogP) is 4.29. The summed E-state index contributed by atoms with van der Waals surface area (Å²) >= 11 is 6.16. The van der Waals surface area contributed by atoms with Gasteiger partial charge in [-0.05, 0) is 37.0 Å². The van der Waals surface area contributed by atoms with Gasteiger partial charge in [0.15, 0.2) is 0 Å². The maximum Gasteiger partial charge on any atom is 0.314 e. The normalized spacial score (nSPS) is 19.5. The first kappa shape index (κ1) is 14.9. The second-order valence-corrected chi connectivity index (χ2v) is 5.91. The fourth-order valence-electron chi connectivity index (χ4n) is 3.00. The monoisotopic (exact) mass is 316 g/mol. The number of fused-ring (bicyclic) bond motifs is 1. The molecule has 1 aliphatic rings. The molecule has 2 aromatic rings. The summed E-state index contributed by atoms with van der Waals surface area (Å²) in [6.07, 6.45) is 2.13. The van der Waals surface area contributed by atoms with Crippen LogP contribution in [0.1, 0.15) is 29.9 Å². The Labute approximate surface area is 134 Å². The zero-order chi connectivity index (χ0) is 15.5. The number of carboxylic acid groups (broad SMARTS) is 1. The standard InChI is InChI=1S/C18H17ClO3/c19-13-9-5-11-14-16(13)17(18(20)21)15(22-14)10-4-8-12-6-2-1-3-7-12/h1-3,5-7,9,11,15,17H,4,8,10H2,(H,20,21). The van der Waals surface area contributed by atoms with Crippen LogP contribution in [0.3, 0.4) is 0 Å². The fraction of sp³-hybridized carbons (Fsp3) is 0.278. The van der Waals surface area contributed by atoms with Crippen molar-refractivity contribution in [3.05, 3.63) is 64.7 Å². The fourth-order valence-corrected chi connectivity index (χ4v) is 3.28. The molecule has 2 atom stereocenters. The van der Waals surface area contributed by atoms with E-state index in [-0.39, 0.29) is 6.10 Å². The van der Waals surface area contributed by atoms with Gasteiger partial charge in [0.2, 0.25) is 0 Å². The third-order valence-electron chi connectivity index (χ3n) is 4.04. The van der Waals surface area contributed by atoms with E-state index >= 15 is 0 Å². The zero-order valence-electron chi connectivity index (χ0n) is 12.0. The number of ether oxygens (including phenoxy) is 1. The van der Waals surface area contributed by atoms with Crippen molar-refractivity contribution in [3.63, 3.8) is 0 Å². The van der Waals surface area contributed by atoms with Crippen LogP contribution >= 0.6 is 11.6 Å². The first-order valence-electron chi connectivity index (χ1n) is 7.38. The number of hydrogen-bond donors (Lipinski definition) is 1. The number of hydrogen-bond acceptors (Lipinski definition) is 2. The summed E-state index contributed by atoms with van der Waals surface area (Å²) in [6.45, 7) is 0. The number of halogens is 1. The first-order valence-corrected chi connectivity index (χ1v) is 7.76. The van der Waals surface area contributed by atoms with Crippen molar-refractivity contribution in [2.75, 3.05) is 0 Å². The Kier molecular flexibility index (Phi) is 4.34. The van der Waals surface area contributed by atoms with Crippen molar-refractivity contribution in [1.29, 1.82) is 0 Å². The van der Waals surface area contributed by atoms with Gasteiger partial charge in [-0.3, -0.25) is 4.79 Å². The van der Waals surface area contributed by atoms with Crippen LogP contribution in [-0.4, -0.2) is 17.2 Å². The average Bonchev–Trinajstić information content (AvgIpc) is 2.88. The molecule has 2 unspecified atom stereocenters. The summed E-state index contributed by atoms with van der Waals surface area (Å²) in [7, 11) is 0. The van der Waals surface area contributed by atoms with Crippen LogP contribution in [0.2, 0.25) is 5.02 Å². The molecule has 2 aromatic carbocycles. The Hall–Kier alpha value is -2.00. The molecule has 1 heterocycles. The summed E-state index contributed by atoms with van der Waals surface area (Å²) in [5.74, 6) is -0.958. The van der Waals surface area contributed by atoms with Crippen LogP contribution in [-0.2, 0) is 11.2 Å². The van der Waals surface area contributed by atoms with Gasteiger partial charge >= 0.3 is 5.97 Å². The van der Waals surface area contributed by atoms with Crippen molar-refractivity contribution in [3.8, 4) is 5.75 Å². The number of rotatable bonds is 5. The molecule has 0 spiro atoms. The predicted molar refractivity (Wildman–Crippen MR) is 85.6 cm³/mol. The summed E-state index contributed by atoms with van der Waals surface area (Å²) in [5.41, 5.74) is 1.87. The zero-order valence-corrected chi connectivity index (χ0v) is 12.8. The van der Waals surface area contributed by atoms with Crippen molar-refractivity contribution in [2.45, 2.75) is 31.3 Å². The van der Waals surface area contributed by atoms with E-state index in [9.17, 15) is 9.90 Å². The number of carbonyl (C=O) groups is 1. The smallest absolute Gasteiger partial charge is 0.314 e. The van der Waals surface area contributed by atoms with Crippen molar-refractivity contribution in [2.24, 2.45) is 0 Å². The molecule has 4 heteroatoms. The van der Waals surface area contributed by atoms with Gasteiger partial charge in [-0.15, -0.1) is 0 Å². The first-order chi connectivity index (χ1) is 10.7. The molecule has 0 aliphatic carbocycles. The molecular formula is C18H17ClO3. The molecule has 0 saturated carbocycles. The lowest BCUT2D eigenvalue weighted by atomic mass is 9.92. The highest BCUT2D eigenvalue weighted by Gasteiger charge is 2.40. The lowest BCUT2D eigenvalue weighted by Crippen LogP contribution is -2.25. The number of benzene rings is 2. The van der Waals surface area contributed by atoms with E-state index < -0.39 is 11.9 Å². The van der Waals surface area contributed by atoms with Gasteiger partial charge in [0.1, 0.15) is 17.8 Å². The van der Waals surface area contributed by atoms with E-state index in [0.717, 1.165) is 12.8 Å². The van der Waals surface area contributed by atoms with E-state index in [2.05, 4.69) is 12.1 Å². The quantitative estimate of drug-likeness (QED) is 0.895. The summed E-state index contributed by atoms with van der Waals surface area (Å²) in [5, 5.41) is 10.0. The van der Waals surface area contributed by atoms with Gasteiger partial charge in [-0.2, -0.15) is 0 Å². The van der Waals surface area contributed by atoms with Gasteiger partial charge in [-0.25, -0.2) is 0 Å². The van der Waals surface area contributed by atoms with Gasteiger partial charge in [0.05, 0.1) is 0 Å². The second-order valence-electron chi connectivity index (χ2n) is 5.50. The van der Waals surface area contributed by atoms with Crippen molar-refractivity contribution in [1.82, 2.24) is 0 Å². The molecule has 1 N–H and O–H groups in total. The second kappa shape index (κ2) is 6.41. The highest BCUT2D eigenvalue weighted by Crippen LogP contribution is 2.44. The SMILES string of the molecule is O=C(O)C1c2c(Cl)cccc2OC1CCCc1ccccc1. The third-order valence-corrected chi connectivity index (χ3v) is 4.37. The molecule has 0 saturated heterocycles. The molecule has 114 valence electrons. The van der Waals surface area contributed by atoms with Crippen LogP contribution in [0.4, 0.5) is 0 Å². The topological polar surface area (TPSA) is 46.5 Å². The Morgan fingerprint density at radius 3 is 2.64 bits per heavy atom. The van der Waals surface area contributed by atoms with E-state index in [1.807, 2.05) is 18.2 Å². The Balaban J connectivity index is 1.70. The van der Waals surface area contributed by atoms with Gasteiger partial charge in [0.25, 0.3) is 0 Å². The van der Waals surface area contributed by atoms with Gasteiger partial charge < -0.3 is 9.84 Å². The minimum absolute atomic E-state index is 0.351. The summed E-state index contributed by atoms with van der Waals surface area (Å²) < 4.78 is 5.83. The Bertz CT molecular complexity index is 669. The van der Waals surface area contributed by atoms with E-state index in [0.29, 0.717) is 22.8 Å². The minimum Gasteiger partial charge on any atom is -0.489 e. The molecule has 0 fully saturated rings. The molecular weight excluding hydrogens is 300 g/mol. The Morgan fingerprint density at radius 2 is 1.91 bits per heavy atom. The van der Waals surface area contributed by atoms with Crippen LogP contribution in [0.5, 0.6) is 5.75 Å². The summed E-state index contributed by atoms with van der Waals surface area (Å²) in [4.78, 5) is 11.6. The molecule has 3 nitrogen and oxygen atoms in total. The third kappa shape index (κ3) is 2.95. The van der Waals surface area contributed by atoms with Crippen LogP contribution < -0.4 is 4.74 Å². The average molecular weight is 317 g/mol. The van der Waals surface area contributed by atoms with Crippen molar-refractivity contribution < 1.29 is 14.6 Å². The number of aliphatic carboxylic acids is 1. The summed E-state index contributed by atoms with van der Waals surface area (Å²) in [6, 6.07) is 15.5. The largest absolute Gasteiger partial charge is 0.489 e. The maximum absolute atomic E-state index is 11.6. The van der Waals surface area contributed by atoms with Crippen molar-refractivity contribution >= 4 is 17.6 Å². The minimum atomic E-state index is -0.878. The molecule has 22 heavy (non-hydrogen) atoms. The Morgan fingerprint density at radius 1 is 1.14 bits per heavy atom. The van der Waals surface area contributed by atoms with Gasteiger partial charge in [0, 0.05) is 10.6 Å². The number of aryl methyl sites for hydroxylation is 1. The highest BCUT2D eigenvalue weighted by atomic mass is 35.5. The molecule has 3 rings (SSSR count). The lowest BCUT2D eigenvalue weighted by molar-refractivity contribution is -0.140. The molecule has 0 bridgehead atoms.